The number of Topliss-reactive ketones (excluding diaryl/α,β-unsaturated/α-hetero) is 1. The standard InChI is InChI=1S/C11H13FO3/c1-3-9(13)11(14)8-6-7(12)4-5-10(8)15-2/h4-6,9,13H,3H2,1-2H3. The second kappa shape index (κ2) is 4.89. The third kappa shape index (κ3) is 2.53. The summed E-state index contributed by atoms with van der Waals surface area (Å²) in [4.78, 5) is 11.6. The zero-order valence-electron chi connectivity index (χ0n) is 8.66. The maximum Gasteiger partial charge on any atom is 0.195 e. The van der Waals surface area contributed by atoms with E-state index in [0.717, 1.165) is 6.07 Å². The Morgan fingerprint density at radius 3 is 2.80 bits per heavy atom. The molecule has 3 nitrogen and oxygen atoms in total. The summed E-state index contributed by atoms with van der Waals surface area (Å²) in [6.45, 7) is 1.67. The van der Waals surface area contributed by atoms with Gasteiger partial charge in [0.05, 0.1) is 12.7 Å². The van der Waals surface area contributed by atoms with Crippen molar-refractivity contribution in [3.63, 3.8) is 0 Å². The van der Waals surface area contributed by atoms with Crippen molar-refractivity contribution < 1.29 is 19.0 Å². The van der Waals surface area contributed by atoms with Crippen LogP contribution in [0.25, 0.3) is 0 Å². The van der Waals surface area contributed by atoms with Crippen molar-refractivity contribution in [1.29, 1.82) is 0 Å². The number of aliphatic hydroxyl groups excluding tert-OH is 1. The Hall–Kier alpha value is -1.42. The number of hydrogen-bond acceptors (Lipinski definition) is 3. The Morgan fingerprint density at radius 2 is 2.27 bits per heavy atom. The number of carbonyl (C=O) groups excluding carboxylic acids is 1. The van der Waals surface area contributed by atoms with Crippen LogP contribution in [0.4, 0.5) is 4.39 Å². The van der Waals surface area contributed by atoms with Crippen molar-refractivity contribution in [2.24, 2.45) is 0 Å². The fraction of sp³-hybridized carbons (Fsp3) is 0.364. The van der Waals surface area contributed by atoms with E-state index < -0.39 is 17.7 Å². The molecule has 0 amide bonds. The lowest BCUT2D eigenvalue weighted by Crippen LogP contribution is -2.20. The van der Waals surface area contributed by atoms with E-state index in [4.69, 9.17) is 4.74 Å². The third-order valence-electron chi connectivity index (χ3n) is 2.12. The second-order valence-corrected chi connectivity index (χ2v) is 3.13. The van der Waals surface area contributed by atoms with Crippen molar-refractivity contribution in [3.8, 4) is 5.75 Å². The van der Waals surface area contributed by atoms with Crippen LogP contribution in [-0.4, -0.2) is 24.1 Å². The van der Waals surface area contributed by atoms with E-state index in [0.29, 0.717) is 6.42 Å². The van der Waals surface area contributed by atoms with Crippen molar-refractivity contribution in [1.82, 2.24) is 0 Å². The molecule has 0 bridgehead atoms. The van der Waals surface area contributed by atoms with Gasteiger partial charge in [0, 0.05) is 0 Å². The lowest BCUT2D eigenvalue weighted by molar-refractivity contribution is 0.0737. The summed E-state index contributed by atoms with van der Waals surface area (Å²) >= 11 is 0. The first kappa shape index (κ1) is 11.7. The summed E-state index contributed by atoms with van der Waals surface area (Å²) in [6.07, 6.45) is -0.820. The monoisotopic (exact) mass is 212 g/mol. The van der Waals surface area contributed by atoms with Gasteiger partial charge in [0.2, 0.25) is 0 Å². The van der Waals surface area contributed by atoms with Gasteiger partial charge in [-0.15, -0.1) is 0 Å². The van der Waals surface area contributed by atoms with Crippen LogP contribution in [0.1, 0.15) is 23.7 Å². The molecule has 0 radical (unpaired) electrons. The molecular formula is C11H13FO3. The van der Waals surface area contributed by atoms with Crippen LogP contribution in [0.5, 0.6) is 5.75 Å². The number of ether oxygens (including phenoxy) is 1. The minimum atomic E-state index is -1.11. The summed E-state index contributed by atoms with van der Waals surface area (Å²) in [7, 11) is 1.39. The minimum Gasteiger partial charge on any atom is -0.496 e. The summed E-state index contributed by atoms with van der Waals surface area (Å²) in [5.41, 5.74) is 0.0758. The highest BCUT2D eigenvalue weighted by atomic mass is 19.1. The lowest BCUT2D eigenvalue weighted by Gasteiger charge is -2.10. The molecule has 0 aliphatic carbocycles. The Kier molecular flexibility index (Phi) is 3.80. The van der Waals surface area contributed by atoms with Gasteiger partial charge in [-0.3, -0.25) is 4.79 Å². The Bertz CT molecular complexity index is 363. The van der Waals surface area contributed by atoms with E-state index in [1.54, 1.807) is 6.92 Å². The summed E-state index contributed by atoms with van der Waals surface area (Å²) in [6, 6.07) is 3.64. The molecular weight excluding hydrogens is 199 g/mol. The molecule has 0 heterocycles. The van der Waals surface area contributed by atoms with Crippen LogP contribution in [0.2, 0.25) is 0 Å². The molecule has 0 aliphatic rings. The normalized spacial score (nSPS) is 12.3. The number of hydrogen-bond donors (Lipinski definition) is 1. The fourth-order valence-corrected chi connectivity index (χ4v) is 1.24. The summed E-state index contributed by atoms with van der Waals surface area (Å²) in [5, 5.41) is 9.36. The highest BCUT2D eigenvalue weighted by Crippen LogP contribution is 2.21. The van der Waals surface area contributed by atoms with E-state index in [-0.39, 0.29) is 11.3 Å². The molecule has 0 saturated heterocycles. The van der Waals surface area contributed by atoms with Crippen LogP contribution >= 0.6 is 0 Å². The second-order valence-electron chi connectivity index (χ2n) is 3.13. The van der Waals surface area contributed by atoms with Gasteiger partial charge in [0.25, 0.3) is 0 Å². The molecule has 1 aromatic rings. The van der Waals surface area contributed by atoms with Crippen molar-refractivity contribution >= 4 is 5.78 Å². The highest BCUT2D eigenvalue weighted by Gasteiger charge is 2.19. The Morgan fingerprint density at radius 1 is 1.60 bits per heavy atom. The SMILES string of the molecule is CCC(O)C(=O)c1cc(F)ccc1OC. The Labute approximate surface area is 87.5 Å². The molecule has 0 saturated carbocycles. The van der Waals surface area contributed by atoms with Gasteiger partial charge in [0.15, 0.2) is 5.78 Å². The number of aliphatic hydroxyl groups is 1. The molecule has 0 aromatic heterocycles. The molecule has 1 aromatic carbocycles. The van der Waals surface area contributed by atoms with E-state index in [1.165, 1.54) is 19.2 Å². The number of methoxy groups -OCH3 is 1. The quantitative estimate of drug-likeness (QED) is 0.774. The number of ketones is 1. The van der Waals surface area contributed by atoms with Crippen LogP contribution in [0.15, 0.2) is 18.2 Å². The summed E-state index contributed by atoms with van der Waals surface area (Å²) < 4.78 is 17.8. The number of rotatable bonds is 4. The van der Waals surface area contributed by atoms with Crippen molar-refractivity contribution in [3.05, 3.63) is 29.6 Å². The predicted octanol–water partition coefficient (Wildman–Crippen LogP) is 1.79. The molecule has 1 rings (SSSR count). The molecule has 15 heavy (non-hydrogen) atoms. The molecule has 0 fully saturated rings. The lowest BCUT2D eigenvalue weighted by atomic mass is 10.0. The van der Waals surface area contributed by atoms with Crippen LogP contribution in [0, 0.1) is 5.82 Å². The minimum absolute atomic E-state index is 0.0758. The van der Waals surface area contributed by atoms with E-state index in [1.807, 2.05) is 0 Å². The average Bonchev–Trinajstić information content (AvgIpc) is 2.27. The molecule has 1 unspecified atom stereocenters. The molecule has 1 N–H and O–H groups in total. The van der Waals surface area contributed by atoms with Gasteiger partial charge in [-0.2, -0.15) is 0 Å². The predicted molar refractivity (Wildman–Crippen MR) is 53.6 cm³/mol. The van der Waals surface area contributed by atoms with Gasteiger partial charge in [-0.25, -0.2) is 4.39 Å². The molecule has 0 spiro atoms. The third-order valence-corrected chi connectivity index (χ3v) is 2.12. The molecule has 4 heteroatoms. The topological polar surface area (TPSA) is 46.5 Å². The van der Waals surface area contributed by atoms with Gasteiger partial charge >= 0.3 is 0 Å². The first-order chi connectivity index (χ1) is 7.10. The maximum atomic E-state index is 12.9. The first-order valence-electron chi connectivity index (χ1n) is 4.66. The number of halogens is 1. The molecule has 82 valence electrons. The van der Waals surface area contributed by atoms with Crippen LogP contribution < -0.4 is 4.74 Å². The fourth-order valence-electron chi connectivity index (χ4n) is 1.24. The average molecular weight is 212 g/mol. The largest absolute Gasteiger partial charge is 0.496 e. The van der Waals surface area contributed by atoms with E-state index in [2.05, 4.69) is 0 Å². The zero-order valence-corrected chi connectivity index (χ0v) is 8.66. The van der Waals surface area contributed by atoms with Crippen molar-refractivity contribution in [2.75, 3.05) is 7.11 Å². The van der Waals surface area contributed by atoms with Gasteiger partial charge in [-0.05, 0) is 24.6 Å². The summed E-state index contributed by atoms with van der Waals surface area (Å²) in [5.74, 6) is -0.773. The van der Waals surface area contributed by atoms with E-state index in [9.17, 15) is 14.3 Å². The number of benzene rings is 1. The van der Waals surface area contributed by atoms with Gasteiger partial charge < -0.3 is 9.84 Å². The smallest absolute Gasteiger partial charge is 0.195 e. The van der Waals surface area contributed by atoms with Crippen LogP contribution in [0.3, 0.4) is 0 Å². The molecule has 1 atom stereocenters. The highest BCUT2D eigenvalue weighted by molar-refractivity contribution is 6.01. The van der Waals surface area contributed by atoms with Gasteiger partial charge in [0.1, 0.15) is 17.7 Å². The Balaban J connectivity index is 3.11. The number of carbonyl (C=O) groups is 1. The van der Waals surface area contributed by atoms with E-state index >= 15 is 0 Å². The van der Waals surface area contributed by atoms with Crippen molar-refractivity contribution in [2.45, 2.75) is 19.4 Å². The van der Waals surface area contributed by atoms with Crippen LogP contribution in [-0.2, 0) is 0 Å². The maximum absolute atomic E-state index is 12.9. The molecule has 0 aliphatic heterocycles. The van der Waals surface area contributed by atoms with Gasteiger partial charge in [-0.1, -0.05) is 6.92 Å². The zero-order chi connectivity index (χ0) is 11.4. The first-order valence-corrected chi connectivity index (χ1v) is 4.66.